The largest absolute Gasteiger partial charge is 0.426 e. The van der Waals surface area contributed by atoms with Gasteiger partial charge in [-0.05, 0) is 11.5 Å². The molecule has 1 aromatic heterocycles. The van der Waals surface area contributed by atoms with Crippen LogP contribution in [0.25, 0.3) is 0 Å². The van der Waals surface area contributed by atoms with Crippen LogP contribution in [0, 0.1) is 16.7 Å². The summed E-state index contributed by atoms with van der Waals surface area (Å²) in [5.41, 5.74) is -0.567. The highest BCUT2D eigenvalue weighted by atomic mass is 16.4. The summed E-state index contributed by atoms with van der Waals surface area (Å²) in [6, 6.07) is 3.07. The molecule has 4 nitrogen and oxygen atoms in total. The molecule has 0 amide bonds. The van der Waals surface area contributed by atoms with Crippen LogP contribution in [-0.4, -0.2) is 5.78 Å². The van der Waals surface area contributed by atoms with E-state index in [1.54, 1.807) is 6.07 Å². The number of rotatable bonds is 0. The molecule has 0 atom stereocenters. The summed E-state index contributed by atoms with van der Waals surface area (Å²) in [6.07, 6.45) is 0.966. The van der Waals surface area contributed by atoms with E-state index >= 15 is 0 Å². The van der Waals surface area contributed by atoms with Gasteiger partial charge in [-0.3, -0.25) is 4.79 Å². The van der Waals surface area contributed by atoms with Crippen molar-refractivity contribution in [3.63, 3.8) is 0 Å². The Morgan fingerprint density at radius 1 is 1.38 bits per heavy atom. The van der Waals surface area contributed by atoms with E-state index in [-0.39, 0.29) is 16.8 Å². The quantitative estimate of drug-likeness (QED) is 0.662. The van der Waals surface area contributed by atoms with E-state index in [1.165, 1.54) is 6.07 Å². The Morgan fingerprint density at radius 2 is 2.06 bits per heavy atom. The molecule has 1 heterocycles. The van der Waals surface area contributed by atoms with Gasteiger partial charge in [0, 0.05) is 12.8 Å². The summed E-state index contributed by atoms with van der Waals surface area (Å²) in [6.45, 7) is 3.90. The third kappa shape index (κ3) is 1.65. The second-order valence-electron chi connectivity index (χ2n) is 4.84. The molecule has 0 aliphatic heterocycles. The van der Waals surface area contributed by atoms with Crippen molar-refractivity contribution in [2.45, 2.75) is 26.7 Å². The molecule has 0 saturated heterocycles. The summed E-state index contributed by atoms with van der Waals surface area (Å²) >= 11 is 0. The van der Waals surface area contributed by atoms with Gasteiger partial charge in [0.15, 0.2) is 5.78 Å². The SMILES string of the molecule is CC1(C)CC(=O)c2cc(C#N)c(=O)oc2C1. The molecule has 1 aliphatic rings. The van der Waals surface area contributed by atoms with E-state index in [4.69, 9.17) is 9.68 Å². The Hall–Kier alpha value is -1.89. The zero-order chi connectivity index (χ0) is 11.9. The molecule has 0 N–H and O–H groups in total. The molecule has 0 unspecified atom stereocenters. The van der Waals surface area contributed by atoms with Gasteiger partial charge in [-0.15, -0.1) is 0 Å². The summed E-state index contributed by atoms with van der Waals surface area (Å²) in [5.74, 6) is 0.344. The number of carbonyl (C=O) groups excluding carboxylic acids is 1. The first kappa shape index (κ1) is 10.6. The van der Waals surface area contributed by atoms with E-state index in [9.17, 15) is 9.59 Å². The molecule has 2 rings (SSSR count). The Kier molecular flexibility index (Phi) is 2.20. The fourth-order valence-electron chi connectivity index (χ4n) is 1.98. The van der Waals surface area contributed by atoms with Gasteiger partial charge in [-0.2, -0.15) is 5.26 Å². The smallest absolute Gasteiger partial charge is 0.354 e. The summed E-state index contributed by atoms with van der Waals surface area (Å²) in [4.78, 5) is 23.1. The van der Waals surface area contributed by atoms with E-state index in [2.05, 4.69) is 0 Å². The topological polar surface area (TPSA) is 71.1 Å². The number of ketones is 1. The van der Waals surface area contributed by atoms with Crippen LogP contribution in [0.15, 0.2) is 15.3 Å². The monoisotopic (exact) mass is 217 g/mol. The minimum atomic E-state index is -0.660. The molecule has 0 bridgehead atoms. The van der Waals surface area contributed by atoms with E-state index < -0.39 is 5.63 Å². The van der Waals surface area contributed by atoms with Crippen LogP contribution in [0.1, 0.15) is 41.9 Å². The van der Waals surface area contributed by atoms with Crippen molar-refractivity contribution in [3.05, 3.63) is 33.4 Å². The molecule has 0 fully saturated rings. The first-order valence-corrected chi connectivity index (χ1v) is 5.03. The van der Waals surface area contributed by atoms with Crippen molar-refractivity contribution in [2.75, 3.05) is 0 Å². The van der Waals surface area contributed by atoms with E-state index in [0.29, 0.717) is 24.2 Å². The zero-order valence-corrected chi connectivity index (χ0v) is 9.16. The van der Waals surface area contributed by atoms with Crippen molar-refractivity contribution >= 4 is 5.78 Å². The number of nitriles is 1. The molecule has 0 radical (unpaired) electrons. The Labute approximate surface area is 92.5 Å². The highest BCUT2D eigenvalue weighted by molar-refractivity contribution is 5.98. The minimum Gasteiger partial charge on any atom is -0.426 e. The molecule has 16 heavy (non-hydrogen) atoms. The third-order valence-electron chi connectivity index (χ3n) is 2.72. The zero-order valence-electron chi connectivity index (χ0n) is 9.16. The highest BCUT2D eigenvalue weighted by Gasteiger charge is 2.33. The maximum absolute atomic E-state index is 11.8. The minimum absolute atomic E-state index is 0.0634. The van der Waals surface area contributed by atoms with Crippen LogP contribution < -0.4 is 5.63 Å². The van der Waals surface area contributed by atoms with Gasteiger partial charge in [-0.1, -0.05) is 13.8 Å². The van der Waals surface area contributed by atoms with Crippen LogP contribution >= 0.6 is 0 Å². The van der Waals surface area contributed by atoms with Crippen LogP contribution in [-0.2, 0) is 6.42 Å². The first-order valence-electron chi connectivity index (χ1n) is 5.03. The second kappa shape index (κ2) is 3.31. The number of hydrogen-bond acceptors (Lipinski definition) is 4. The predicted octanol–water partition coefficient (Wildman–Crippen LogP) is 1.67. The number of hydrogen-bond donors (Lipinski definition) is 0. The van der Waals surface area contributed by atoms with Crippen molar-refractivity contribution in [3.8, 4) is 6.07 Å². The lowest BCUT2D eigenvalue weighted by Gasteiger charge is -2.28. The van der Waals surface area contributed by atoms with Gasteiger partial charge in [0.05, 0.1) is 5.56 Å². The Balaban J connectivity index is 2.64. The number of Topliss-reactive ketones (excluding diaryl/α,β-unsaturated/α-hetero) is 1. The normalized spacial score (nSPS) is 17.7. The molecule has 0 saturated carbocycles. The number of fused-ring (bicyclic) bond motifs is 1. The van der Waals surface area contributed by atoms with Gasteiger partial charge in [-0.25, -0.2) is 4.79 Å². The molecular formula is C12H11NO3. The van der Waals surface area contributed by atoms with Gasteiger partial charge in [0.25, 0.3) is 0 Å². The summed E-state index contributed by atoms with van der Waals surface area (Å²) in [5, 5.41) is 8.69. The van der Waals surface area contributed by atoms with Crippen molar-refractivity contribution in [1.82, 2.24) is 0 Å². The lowest BCUT2D eigenvalue weighted by atomic mass is 9.76. The molecule has 0 spiro atoms. The van der Waals surface area contributed by atoms with Crippen LogP contribution in [0.5, 0.6) is 0 Å². The van der Waals surface area contributed by atoms with Gasteiger partial charge >= 0.3 is 5.63 Å². The fraction of sp³-hybridized carbons (Fsp3) is 0.417. The average Bonchev–Trinajstić information content (AvgIpc) is 2.14. The molecule has 4 heteroatoms. The molecule has 82 valence electrons. The van der Waals surface area contributed by atoms with Crippen LogP contribution in [0.3, 0.4) is 0 Å². The lowest BCUT2D eigenvalue weighted by molar-refractivity contribution is 0.0897. The average molecular weight is 217 g/mol. The maximum atomic E-state index is 11.8. The summed E-state index contributed by atoms with van der Waals surface area (Å²) < 4.78 is 5.03. The number of nitrogens with zero attached hydrogens (tertiary/aromatic N) is 1. The van der Waals surface area contributed by atoms with Crippen molar-refractivity contribution < 1.29 is 9.21 Å². The van der Waals surface area contributed by atoms with Gasteiger partial charge in [0.1, 0.15) is 17.4 Å². The fourth-order valence-corrected chi connectivity index (χ4v) is 1.98. The van der Waals surface area contributed by atoms with Gasteiger partial charge in [0.2, 0.25) is 0 Å². The standard InChI is InChI=1S/C12H11NO3/c1-12(2)4-9(14)8-3-7(6-13)11(15)16-10(8)5-12/h3H,4-5H2,1-2H3. The third-order valence-corrected chi connectivity index (χ3v) is 2.72. The molecule has 1 aliphatic carbocycles. The van der Waals surface area contributed by atoms with Crippen molar-refractivity contribution in [1.29, 1.82) is 5.26 Å². The van der Waals surface area contributed by atoms with Gasteiger partial charge < -0.3 is 4.42 Å². The second-order valence-corrected chi connectivity index (χ2v) is 4.84. The van der Waals surface area contributed by atoms with Crippen LogP contribution in [0.2, 0.25) is 0 Å². The van der Waals surface area contributed by atoms with E-state index in [0.717, 1.165) is 0 Å². The predicted molar refractivity (Wildman–Crippen MR) is 56.1 cm³/mol. The van der Waals surface area contributed by atoms with Crippen LogP contribution in [0.4, 0.5) is 0 Å². The Morgan fingerprint density at radius 3 is 2.69 bits per heavy atom. The van der Waals surface area contributed by atoms with E-state index in [1.807, 2.05) is 13.8 Å². The molecule has 0 aromatic carbocycles. The molecule has 1 aromatic rings. The molecular weight excluding hydrogens is 206 g/mol. The number of carbonyl (C=O) groups is 1. The first-order chi connectivity index (χ1) is 7.43. The summed E-state index contributed by atoms with van der Waals surface area (Å²) in [7, 11) is 0. The lowest BCUT2D eigenvalue weighted by Crippen LogP contribution is -2.28. The Bertz CT molecular complexity index is 561. The maximum Gasteiger partial charge on any atom is 0.354 e. The highest BCUT2D eigenvalue weighted by Crippen LogP contribution is 2.34. The van der Waals surface area contributed by atoms with Crippen molar-refractivity contribution in [2.24, 2.45) is 5.41 Å².